The summed E-state index contributed by atoms with van der Waals surface area (Å²) >= 11 is 0. The molecule has 1 unspecified atom stereocenters. The van der Waals surface area contributed by atoms with Crippen molar-refractivity contribution in [2.24, 2.45) is 0 Å². The summed E-state index contributed by atoms with van der Waals surface area (Å²) in [6, 6.07) is 5.60. The van der Waals surface area contributed by atoms with Gasteiger partial charge >= 0.3 is 12.1 Å². The second-order valence-corrected chi connectivity index (χ2v) is 7.52. The Labute approximate surface area is 162 Å². The molecule has 0 bridgehead atoms. The van der Waals surface area contributed by atoms with E-state index < -0.39 is 35.5 Å². The first-order valence-corrected chi connectivity index (χ1v) is 8.93. The average Bonchev–Trinajstić information content (AvgIpc) is 2.86. The maximum absolute atomic E-state index is 12.4. The largest absolute Gasteiger partial charge is 0.444 e. The Morgan fingerprint density at radius 1 is 1.14 bits per heavy atom. The molecule has 0 spiro atoms. The molecule has 0 N–H and O–H groups in total. The van der Waals surface area contributed by atoms with Gasteiger partial charge in [-0.3, -0.25) is 14.5 Å². The average molecular weight is 390 g/mol. The molecular formula is C19H22N2O7. The highest BCUT2D eigenvalue weighted by molar-refractivity contribution is 6.20. The molecule has 1 aromatic rings. The van der Waals surface area contributed by atoms with Crippen molar-refractivity contribution in [3.05, 3.63) is 35.4 Å². The fraction of sp³-hybridized carbons (Fsp3) is 0.474. The fourth-order valence-electron chi connectivity index (χ4n) is 2.97. The second kappa shape index (κ2) is 7.59. The zero-order valence-electron chi connectivity index (χ0n) is 16.0. The minimum atomic E-state index is -0.821. The van der Waals surface area contributed by atoms with E-state index in [1.54, 1.807) is 32.9 Å². The summed E-state index contributed by atoms with van der Waals surface area (Å²) in [5.74, 6) is -2.21. The molecule has 1 saturated heterocycles. The van der Waals surface area contributed by atoms with Gasteiger partial charge in [-0.25, -0.2) is 9.59 Å². The van der Waals surface area contributed by atoms with Crippen molar-refractivity contribution in [2.75, 3.05) is 19.8 Å². The Balaban J connectivity index is 1.64. The van der Waals surface area contributed by atoms with Crippen molar-refractivity contribution in [3.8, 4) is 0 Å². The van der Waals surface area contributed by atoms with E-state index in [9.17, 15) is 19.2 Å². The van der Waals surface area contributed by atoms with Crippen LogP contribution in [0.4, 0.5) is 4.79 Å². The summed E-state index contributed by atoms with van der Waals surface area (Å²) in [6.45, 7) is 5.95. The maximum Gasteiger partial charge on any atom is 0.410 e. The lowest BCUT2D eigenvalue weighted by Gasteiger charge is -2.36. The lowest BCUT2D eigenvalue weighted by molar-refractivity contribution is -0.171. The molecule has 2 heterocycles. The number of carbonyl (C=O) groups is 4. The number of hydrogen-bond donors (Lipinski definition) is 0. The van der Waals surface area contributed by atoms with E-state index in [1.165, 1.54) is 17.0 Å². The van der Waals surface area contributed by atoms with Gasteiger partial charge in [-0.05, 0) is 32.9 Å². The maximum atomic E-state index is 12.4. The van der Waals surface area contributed by atoms with Crippen molar-refractivity contribution in [3.63, 3.8) is 0 Å². The molecule has 0 aliphatic carbocycles. The number of rotatable bonds is 3. The summed E-state index contributed by atoms with van der Waals surface area (Å²) < 4.78 is 10.7. The first-order chi connectivity index (χ1) is 13.2. The quantitative estimate of drug-likeness (QED) is 0.725. The molecule has 9 nitrogen and oxygen atoms in total. The highest BCUT2D eigenvalue weighted by Gasteiger charge is 2.40. The predicted octanol–water partition coefficient (Wildman–Crippen LogP) is 1.77. The number of fused-ring (bicyclic) bond motifs is 1. The van der Waals surface area contributed by atoms with Crippen LogP contribution < -0.4 is 0 Å². The van der Waals surface area contributed by atoms with Crippen LogP contribution >= 0.6 is 0 Å². The molecular weight excluding hydrogens is 368 g/mol. The zero-order chi connectivity index (χ0) is 20.5. The molecule has 0 aromatic heterocycles. The molecule has 150 valence electrons. The molecule has 3 rings (SSSR count). The minimum absolute atomic E-state index is 0.121. The van der Waals surface area contributed by atoms with Crippen LogP contribution in [-0.2, 0) is 19.1 Å². The highest BCUT2D eigenvalue weighted by atomic mass is 16.7. The third-order valence-corrected chi connectivity index (χ3v) is 4.21. The number of amides is 3. The number of hydrogen-bond acceptors (Lipinski definition) is 7. The van der Waals surface area contributed by atoms with E-state index >= 15 is 0 Å². The summed E-state index contributed by atoms with van der Waals surface area (Å²) in [5.41, 5.74) is -0.325. The van der Waals surface area contributed by atoms with E-state index in [2.05, 4.69) is 0 Å². The number of carbonyl (C=O) groups excluding carboxylic acids is 4. The zero-order valence-corrected chi connectivity index (χ0v) is 16.0. The van der Waals surface area contributed by atoms with E-state index in [4.69, 9.17) is 14.3 Å². The van der Waals surface area contributed by atoms with Gasteiger partial charge in [-0.15, -0.1) is 0 Å². The van der Waals surface area contributed by atoms with E-state index in [0.717, 1.165) is 0 Å². The smallest absolute Gasteiger partial charge is 0.410 e. The van der Waals surface area contributed by atoms with E-state index in [0.29, 0.717) is 11.7 Å². The van der Waals surface area contributed by atoms with Crippen molar-refractivity contribution >= 4 is 23.9 Å². The summed E-state index contributed by atoms with van der Waals surface area (Å²) in [6.07, 6.45) is -0.804. The van der Waals surface area contributed by atoms with Gasteiger partial charge in [-0.2, -0.15) is 0 Å². The van der Waals surface area contributed by atoms with Gasteiger partial charge in [0.15, 0.2) is 0 Å². The molecule has 1 atom stereocenters. The molecule has 1 fully saturated rings. The predicted molar refractivity (Wildman–Crippen MR) is 95.2 cm³/mol. The van der Waals surface area contributed by atoms with Crippen LogP contribution in [-0.4, -0.2) is 65.2 Å². The van der Waals surface area contributed by atoms with Crippen LogP contribution in [0.5, 0.6) is 0 Å². The van der Waals surface area contributed by atoms with E-state index in [1.807, 2.05) is 0 Å². The van der Waals surface area contributed by atoms with Gasteiger partial charge in [0.25, 0.3) is 11.8 Å². The van der Waals surface area contributed by atoms with Crippen LogP contribution in [0.3, 0.4) is 0 Å². The Bertz CT molecular complexity index is 780. The summed E-state index contributed by atoms with van der Waals surface area (Å²) in [7, 11) is 0. The van der Waals surface area contributed by atoms with Crippen molar-refractivity contribution in [1.29, 1.82) is 0 Å². The Morgan fingerprint density at radius 3 is 2.32 bits per heavy atom. The lowest BCUT2D eigenvalue weighted by atomic mass is 10.1. The first-order valence-electron chi connectivity index (χ1n) is 8.93. The topological polar surface area (TPSA) is 102 Å². The molecule has 9 heteroatoms. The number of morpholine rings is 1. The third-order valence-electron chi connectivity index (χ3n) is 4.21. The number of ether oxygens (including phenoxy) is 2. The van der Waals surface area contributed by atoms with Gasteiger partial charge in [0.2, 0.25) is 0 Å². The Morgan fingerprint density at radius 2 is 1.75 bits per heavy atom. The molecule has 3 amide bonds. The Kier molecular flexibility index (Phi) is 5.37. The highest BCUT2D eigenvalue weighted by Crippen LogP contribution is 2.23. The molecule has 28 heavy (non-hydrogen) atoms. The molecule has 0 saturated carbocycles. The lowest BCUT2D eigenvalue weighted by Crippen LogP contribution is -2.51. The van der Waals surface area contributed by atoms with Gasteiger partial charge in [0.05, 0.1) is 36.8 Å². The number of imide groups is 1. The van der Waals surface area contributed by atoms with Crippen molar-refractivity contribution in [2.45, 2.75) is 38.8 Å². The normalized spacial score (nSPS) is 19.5. The SMILES string of the molecule is CC(C)(C)OC(=O)N1CCOCC1CC(=O)ON1C(=O)c2ccccc2C1=O. The fourth-order valence-corrected chi connectivity index (χ4v) is 2.97. The van der Waals surface area contributed by atoms with Crippen LogP contribution in [0.2, 0.25) is 0 Å². The van der Waals surface area contributed by atoms with Gasteiger partial charge in [0.1, 0.15) is 5.60 Å². The van der Waals surface area contributed by atoms with Gasteiger partial charge < -0.3 is 14.3 Å². The standard InChI is InChI=1S/C19H22N2O7/c1-19(2,3)27-18(25)20-8-9-26-11-12(20)10-15(22)28-21-16(23)13-6-4-5-7-14(13)17(21)24/h4-7,12H,8-11H2,1-3H3. The number of hydroxylamine groups is 2. The Hall–Kier alpha value is -2.94. The minimum Gasteiger partial charge on any atom is -0.444 e. The van der Waals surface area contributed by atoms with Crippen LogP contribution in [0, 0.1) is 0 Å². The van der Waals surface area contributed by atoms with Crippen LogP contribution in [0.25, 0.3) is 0 Å². The number of nitrogens with zero attached hydrogens (tertiary/aromatic N) is 2. The first kappa shape index (κ1) is 19.8. The molecule has 1 aromatic carbocycles. The van der Waals surface area contributed by atoms with Gasteiger partial charge in [-0.1, -0.05) is 17.2 Å². The van der Waals surface area contributed by atoms with Crippen molar-refractivity contribution in [1.82, 2.24) is 9.96 Å². The molecule has 0 radical (unpaired) electrons. The van der Waals surface area contributed by atoms with Crippen LogP contribution in [0.1, 0.15) is 47.9 Å². The monoisotopic (exact) mass is 390 g/mol. The number of benzene rings is 1. The summed E-state index contributed by atoms with van der Waals surface area (Å²) in [4.78, 5) is 55.7. The summed E-state index contributed by atoms with van der Waals surface area (Å²) in [5, 5.41) is 0.453. The second-order valence-electron chi connectivity index (χ2n) is 7.52. The van der Waals surface area contributed by atoms with Crippen molar-refractivity contribution < 1.29 is 33.5 Å². The van der Waals surface area contributed by atoms with Gasteiger partial charge in [0, 0.05) is 6.54 Å². The van der Waals surface area contributed by atoms with Crippen LogP contribution in [0.15, 0.2) is 24.3 Å². The molecule has 2 aliphatic rings. The third kappa shape index (κ3) is 4.14. The van der Waals surface area contributed by atoms with E-state index in [-0.39, 0.29) is 30.7 Å². The molecule has 2 aliphatic heterocycles.